The Morgan fingerprint density at radius 1 is 1.04 bits per heavy atom. The number of unbranched alkanes of at least 4 members (excludes halogenated alkanes) is 1. The van der Waals surface area contributed by atoms with Gasteiger partial charge in [0.05, 0.1) is 12.2 Å². The molecule has 4 heteroatoms. The summed E-state index contributed by atoms with van der Waals surface area (Å²) in [6.45, 7) is 3.77. The molecule has 0 heterocycles. The Morgan fingerprint density at radius 3 is 2.57 bits per heavy atom. The fourth-order valence-electron chi connectivity index (χ4n) is 2.13. The van der Waals surface area contributed by atoms with Gasteiger partial charge in [0.25, 0.3) is 0 Å². The van der Waals surface area contributed by atoms with E-state index < -0.39 is 0 Å². The Bertz CT molecular complexity index is 599. The summed E-state index contributed by atoms with van der Waals surface area (Å²) in [5.74, 6) is 0.620. The first-order chi connectivity index (χ1) is 11.3. The molecule has 0 bridgehead atoms. The fraction of sp³-hybridized carbons (Fsp3) is 0.316. The van der Waals surface area contributed by atoms with Gasteiger partial charge in [-0.25, -0.2) is 0 Å². The number of ether oxygens (including phenoxy) is 1. The van der Waals surface area contributed by atoms with Crippen LogP contribution in [-0.2, 0) is 11.4 Å². The van der Waals surface area contributed by atoms with Gasteiger partial charge in [-0.2, -0.15) is 0 Å². The fourth-order valence-corrected chi connectivity index (χ4v) is 2.13. The van der Waals surface area contributed by atoms with Crippen LogP contribution in [0, 0.1) is 0 Å². The van der Waals surface area contributed by atoms with Crippen LogP contribution in [-0.4, -0.2) is 19.0 Å². The lowest BCUT2D eigenvalue weighted by Gasteiger charge is -2.13. The third kappa shape index (κ3) is 6.12. The molecule has 0 radical (unpaired) electrons. The van der Waals surface area contributed by atoms with Gasteiger partial charge >= 0.3 is 0 Å². The molecule has 0 aromatic heterocycles. The lowest BCUT2D eigenvalue weighted by molar-refractivity contribution is -0.115. The number of para-hydroxylation sites is 2. The minimum atomic E-state index is -0.0585. The highest BCUT2D eigenvalue weighted by Gasteiger charge is 2.07. The normalized spacial score (nSPS) is 10.3. The van der Waals surface area contributed by atoms with Crippen LogP contribution < -0.4 is 15.4 Å². The first-order valence-electron chi connectivity index (χ1n) is 8.06. The highest BCUT2D eigenvalue weighted by molar-refractivity contribution is 5.93. The number of amides is 1. The zero-order valence-corrected chi connectivity index (χ0v) is 13.5. The summed E-state index contributed by atoms with van der Waals surface area (Å²) >= 11 is 0. The van der Waals surface area contributed by atoms with E-state index in [1.165, 1.54) is 0 Å². The molecular weight excluding hydrogens is 288 g/mol. The molecule has 2 rings (SSSR count). The maximum Gasteiger partial charge on any atom is 0.238 e. The molecule has 0 spiro atoms. The van der Waals surface area contributed by atoms with Crippen molar-refractivity contribution in [3.05, 3.63) is 60.2 Å². The van der Waals surface area contributed by atoms with Crippen molar-refractivity contribution in [1.82, 2.24) is 5.32 Å². The lowest BCUT2D eigenvalue weighted by atomic mass is 10.2. The zero-order valence-electron chi connectivity index (χ0n) is 13.5. The van der Waals surface area contributed by atoms with E-state index in [-0.39, 0.29) is 5.91 Å². The summed E-state index contributed by atoms with van der Waals surface area (Å²) in [6, 6.07) is 17.5. The van der Waals surface area contributed by atoms with Crippen LogP contribution in [0.15, 0.2) is 54.6 Å². The van der Waals surface area contributed by atoms with Gasteiger partial charge in [0.1, 0.15) is 12.4 Å². The molecule has 2 aromatic rings. The van der Waals surface area contributed by atoms with Crippen molar-refractivity contribution in [2.45, 2.75) is 26.4 Å². The molecule has 0 atom stereocenters. The van der Waals surface area contributed by atoms with Crippen LogP contribution in [0.2, 0.25) is 0 Å². The molecule has 2 aromatic carbocycles. The second kappa shape index (κ2) is 9.64. The van der Waals surface area contributed by atoms with E-state index in [1.807, 2.05) is 54.6 Å². The van der Waals surface area contributed by atoms with Gasteiger partial charge in [-0.05, 0) is 30.7 Å². The number of carbonyl (C=O) groups excluding carboxylic acids is 1. The first kappa shape index (κ1) is 17.0. The Balaban J connectivity index is 1.88. The lowest BCUT2D eigenvalue weighted by Crippen LogP contribution is -2.28. The standard InChI is InChI=1S/C19H24N2O2/c1-2-3-13-20-14-19(22)21-17-11-7-8-12-18(17)23-15-16-9-5-4-6-10-16/h4-12,20H,2-3,13-15H2,1H3,(H,21,22). The number of hydrogen-bond acceptors (Lipinski definition) is 3. The molecule has 0 aliphatic rings. The molecule has 0 aliphatic heterocycles. The molecule has 2 N–H and O–H groups in total. The molecule has 122 valence electrons. The van der Waals surface area contributed by atoms with E-state index >= 15 is 0 Å². The van der Waals surface area contributed by atoms with Crippen LogP contribution >= 0.6 is 0 Å². The Morgan fingerprint density at radius 2 is 1.78 bits per heavy atom. The van der Waals surface area contributed by atoms with Gasteiger partial charge < -0.3 is 15.4 Å². The highest BCUT2D eigenvalue weighted by Crippen LogP contribution is 2.24. The molecule has 0 saturated heterocycles. The zero-order chi connectivity index (χ0) is 16.3. The summed E-state index contributed by atoms with van der Waals surface area (Å²) in [5, 5.41) is 6.03. The van der Waals surface area contributed by atoms with Crippen molar-refractivity contribution in [2.75, 3.05) is 18.4 Å². The van der Waals surface area contributed by atoms with Crippen LogP contribution in [0.4, 0.5) is 5.69 Å². The number of anilines is 1. The largest absolute Gasteiger partial charge is 0.487 e. The maximum absolute atomic E-state index is 12.0. The van der Waals surface area contributed by atoms with Gasteiger partial charge in [-0.1, -0.05) is 55.8 Å². The van der Waals surface area contributed by atoms with Crippen LogP contribution in [0.25, 0.3) is 0 Å². The predicted octanol–water partition coefficient (Wildman–Crippen LogP) is 3.59. The SMILES string of the molecule is CCCCNCC(=O)Nc1ccccc1OCc1ccccc1. The topological polar surface area (TPSA) is 50.4 Å². The third-order valence-corrected chi connectivity index (χ3v) is 3.39. The first-order valence-corrected chi connectivity index (χ1v) is 8.06. The minimum Gasteiger partial charge on any atom is -0.487 e. The van der Waals surface area contributed by atoms with E-state index in [4.69, 9.17) is 4.74 Å². The number of carbonyl (C=O) groups is 1. The average Bonchev–Trinajstić information content (AvgIpc) is 2.59. The molecule has 1 amide bonds. The Hall–Kier alpha value is -2.33. The maximum atomic E-state index is 12.0. The van der Waals surface area contributed by atoms with Crippen LogP contribution in [0.5, 0.6) is 5.75 Å². The summed E-state index contributed by atoms with van der Waals surface area (Å²) in [4.78, 5) is 12.0. The summed E-state index contributed by atoms with van der Waals surface area (Å²) in [5.41, 5.74) is 1.79. The molecule has 0 saturated carbocycles. The molecule has 0 aliphatic carbocycles. The molecular formula is C19H24N2O2. The van der Waals surface area contributed by atoms with Gasteiger partial charge in [0.15, 0.2) is 0 Å². The van der Waals surface area contributed by atoms with Crippen molar-refractivity contribution >= 4 is 11.6 Å². The van der Waals surface area contributed by atoms with Gasteiger partial charge in [0, 0.05) is 0 Å². The van der Waals surface area contributed by atoms with Crippen molar-refractivity contribution in [2.24, 2.45) is 0 Å². The highest BCUT2D eigenvalue weighted by atomic mass is 16.5. The third-order valence-electron chi connectivity index (χ3n) is 3.39. The molecule has 4 nitrogen and oxygen atoms in total. The number of rotatable bonds is 9. The van der Waals surface area contributed by atoms with Crippen LogP contribution in [0.3, 0.4) is 0 Å². The Labute approximate surface area is 137 Å². The minimum absolute atomic E-state index is 0.0585. The second-order valence-corrected chi connectivity index (χ2v) is 5.35. The average molecular weight is 312 g/mol. The van der Waals surface area contributed by atoms with Crippen molar-refractivity contribution < 1.29 is 9.53 Å². The van der Waals surface area contributed by atoms with Crippen molar-refractivity contribution in [1.29, 1.82) is 0 Å². The van der Waals surface area contributed by atoms with Crippen molar-refractivity contribution in [3.8, 4) is 5.75 Å². The number of nitrogens with one attached hydrogen (secondary N) is 2. The van der Waals surface area contributed by atoms with Crippen LogP contribution in [0.1, 0.15) is 25.3 Å². The summed E-state index contributed by atoms with van der Waals surface area (Å²) in [6.07, 6.45) is 2.19. The van der Waals surface area contributed by atoms with Gasteiger partial charge in [-0.3, -0.25) is 4.79 Å². The van der Waals surface area contributed by atoms with E-state index in [2.05, 4.69) is 17.6 Å². The van der Waals surface area contributed by atoms with E-state index in [0.29, 0.717) is 24.6 Å². The number of hydrogen-bond donors (Lipinski definition) is 2. The molecule has 0 unspecified atom stereocenters. The monoisotopic (exact) mass is 312 g/mol. The quantitative estimate of drug-likeness (QED) is 0.696. The van der Waals surface area contributed by atoms with E-state index in [0.717, 1.165) is 24.9 Å². The second-order valence-electron chi connectivity index (χ2n) is 5.35. The van der Waals surface area contributed by atoms with E-state index in [1.54, 1.807) is 0 Å². The molecule has 23 heavy (non-hydrogen) atoms. The summed E-state index contributed by atoms with van der Waals surface area (Å²) in [7, 11) is 0. The van der Waals surface area contributed by atoms with Crippen molar-refractivity contribution in [3.63, 3.8) is 0 Å². The Kier molecular flexibility index (Phi) is 7.14. The molecule has 0 fully saturated rings. The summed E-state index contributed by atoms with van der Waals surface area (Å²) < 4.78 is 5.83. The predicted molar refractivity (Wildman–Crippen MR) is 93.6 cm³/mol. The number of benzene rings is 2. The van der Waals surface area contributed by atoms with E-state index in [9.17, 15) is 4.79 Å². The van der Waals surface area contributed by atoms with Gasteiger partial charge in [0.2, 0.25) is 5.91 Å². The van der Waals surface area contributed by atoms with Gasteiger partial charge in [-0.15, -0.1) is 0 Å². The smallest absolute Gasteiger partial charge is 0.238 e.